The number of para-hydroxylation sites is 1. The summed E-state index contributed by atoms with van der Waals surface area (Å²) in [7, 11) is 0. The van der Waals surface area contributed by atoms with Crippen LogP contribution in [0.25, 0.3) is 21.7 Å². The van der Waals surface area contributed by atoms with Crippen LogP contribution in [0, 0.1) is 24.7 Å². The molecular weight excluding hydrogens is 1010 g/mol. The molecule has 1 aliphatic carbocycles. The Labute approximate surface area is 462 Å². The Balaban J connectivity index is 0.586. The van der Waals surface area contributed by atoms with Crippen molar-refractivity contribution >= 4 is 40.5 Å². The quantitative estimate of drug-likeness (QED) is 0.0765. The zero-order chi connectivity index (χ0) is 54.1. The fraction of sp³-hybridized carbons (Fsp3) is 0.593. The van der Waals surface area contributed by atoms with Crippen LogP contribution in [0.4, 0.5) is 17.3 Å². The zero-order valence-corrected chi connectivity index (χ0v) is 46.7. The Kier molecular flexibility index (Phi) is 16.4. The molecule has 11 rings (SSSR count). The number of amides is 2. The maximum absolute atomic E-state index is 14.4. The van der Waals surface area contributed by atoms with Crippen molar-refractivity contribution in [1.82, 2.24) is 40.4 Å². The second-order valence-electron chi connectivity index (χ2n) is 23.6. The molecule has 3 aromatic heterocycles. The molecule has 418 valence electrons. The number of phenols is 1. The summed E-state index contributed by atoms with van der Waals surface area (Å²) in [5.41, 5.74) is 13.2. The number of carbonyl (C=O) groups excluding carboxylic acids is 2. The average molecular weight is 1090 g/mol. The third kappa shape index (κ3) is 12.1. The molecule has 2 aromatic carbocycles. The van der Waals surface area contributed by atoms with Gasteiger partial charge in [-0.05, 0) is 112 Å². The van der Waals surface area contributed by atoms with E-state index in [0.717, 1.165) is 157 Å². The van der Waals surface area contributed by atoms with Crippen LogP contribution < -0.4 is 20.9 Å². The number of carbonyl (C=O) groups is 2. The molecule has 0 bridgehead atoms. The lowest BCUT2D eigenvalue weighted by atomic mass is 9.81. The van der Waals surface area contributed by atoms with E-state index < -0.39 is 18.1 Å². The van der Waals surface area contributed by atoms with Crippen LogP contribution >= 0.6 is 11.3 Å². The number of morpholine rings is 1. The maximum atomic E-state index is 14.4. The third-order valence-corrected chi connectivity index (χ3v) is 18.8. The first-order valence-electron chi connectivity index (χ1n) is 28.7. The van der Waals surface area contributed by atoms with Gasteiger partial charge in [0.2, 0.25) is 11.8 Å². The van der Waals surface area contributed by atoms with Gasteiger partial charge in [0.25, 0.3) is 0 Å². The lowest BCUT2D eigenvalue weighted by molar-refractivity contribution is -0.141. The number of likely N-dealkylation sites (tertiary alicyclic amines) is 2. The van der Waals surface area contributed by atoms with Crippen LogP contribution in [0.1, 0.15) is 108 Å². The molecule has 0 radical (unpaired) electrons. The summed E-state index contributed by atoms with van der Waals surface area (Å²) in [5.74, 6) is 1.81. The molecule has 1 spiro atoms. The Hall–Kier alpha value is -5.70. The topological polar surface area (TPSA) is 212 Å². The number of aliphatic hydroxyl groups is 1. The van der Waals surface area contributed by atoms with Crippen molar-refractivity contribution in [3.05, 3.63) is 83.2 Å². The number of hydrogen-bond acceptors (Lipinski definition) is 17. The molecule has 6 aliphatic rings. The minimum Gasteiger partial charge on any atom is -0.507 e. The summed E-state index contributed by atoms with van der Waals surface area (Å²) < 4.78 is 19.2. The van der Waals surface area contributed by atoms with Crippen LogP contribution in [0.5, 0.6) is 5.75 Å². The van der Waals surface area contributed by atoms with E-state index in [9.17, 15) is 19.8 Å². The van der Waals surface area contributed by atoms with Gasteiger partial charge in [-0.25, -0.2) is 4.98 Å². The highest BCUT2D eigenvalue weighted by molar-refractivity contribution is 7.13. The summed E-state index contributed by atoms with van der Waals surface area (Å²) in [5, 5.41) is 37.3. The standard InChI is InChI=1S/C59H79N11O7S/c1-37(2)54(58(74)70-34-44(71)29-50(70)57(73)62-38(3)42-9-11-43(12-10-42)55-39(4)61-36-78-55)52-31-53(65-77-52)69-21-13-40(14-22-69)32-66-19-15-45(16-20-66)76-46-27-41(28-46)33-67-25-26-75-59(35-67)17-23-68(24-18-59)49-30-48(63-64-56(49)60)47-7-5-6-8-51(47)72/h5-12,30-31,36-38,40-41,44-46,50,54,71-72H,13-29,32-35H2,1-4H3,(H2,60,64)(H,62,73)/t38-,41?,44+,46?,50-,54-/m0/s1. The van der Waals surface area contributed by atoms with Crippen LogP contribution in [0.2, 0.25) is 0 Å². The summed E-state index contributed by atoms with van der Waals surface area (Å²) in [4.78, 5) is 45.1. The molecule has 4 atom stereocenters. The minimum atomic E-state index is -0.797. The van der Waals surface area contributed by atoms with E-state index >= 15 is 0 Å². The van der Waals surface area contributed by atoms with Crippen LogP contribution in [0.3, 0.4) is 0 Å². The highest BCUT2D eigenvalue weighted by Crippen LogP contribution is 2.40. The number of piperidine rings is 3. The van der Waals surface area contributed by atoms with Crippen molar-refractivity contribution in [2.24, 2.45) is 17.8 Å². The number of rotatable bonds is 16. The largest absolute Gasteiger partial charge is 0.507 e. The number of aryl methyl sites for hydroxylation is 1. The van der Waals surface area contributed by atoms with Crippen molar-refractivity contribution in [2.75, 3.05) is 94.1 Å². The second-order valence-corrected chi connectivity index (χ2v) is 24.5. The van der Waals surface area contributed by atoms with Crippen molar-refractivity contribution in [2.45, 2.75) is 127 Å². The van der Waals surface area contributed by atoms with Crippen LogP contribution in [0.15, 0.2) is 70.7 Å². The number of nitrogens with one attached hydrogen (secondary N) is 1. The van der Waals surface area contributed by atoms with Crippen molar-refractivity contribution in [1.29, 1.82) is 0 Å². The second kappa shape index (κ2) is 23.6. The number of nitrogens with two attached hydrogens (primary N) is 1. The highest BCUT2D eigenvalue weighted by atomic mass is 32.1. The van der Waals surface area contributed by atoms with E-state index in [4.69, 9.17) is 19.7 Å². The molecular formula is C59H79N11O7S. The normalized spacial score (nSPS) is 24.4. The first-order chi connectivity index (χ1) is 37.7. The molecule has 5 aromatic rings. The third-order valence-electron chi connectivity index (χ3n) is 17.8. The number of β-amino-alcohol motifs (C(OH)–C–C–N with tert-alkyl or cyclic N) is 1. The number of aliphatic hydroxyl groups excluding tert-OH is 1. The number of anilines is 3. The number of benzene rings is 2. The molecule has 78 heavy (non-hydrogen) atoms. The predicted molar refractivity (Wildman–Crippen MR) is 301 cm³/mol. The van der Waals surface area contributed by atoms with Gasteiger partial charge in [-0.1, -0.05) is 55.4 Å². The number of phenolic OH excluding ortho intramolecular Hbond substituents is 1. The number of hydrogen-bond donors (Lipinski definition) is 4. The minimum absolute atomic E-state index is 0.0907. The molecule has 19 heteroatoms. The SMILES string of the molecule is Cc1ncsc1-c1ccc([C@H](C)NC(=O)[C@@H]2C[C@@H](O)CN2C(=O)[C@H](c2cc(N3CCC(CN4CCC(OC5CC(CN6CCOC7(CCN(c8cc(-c9ccccc9O)nnc8N)CC7)C6)C5)CC4)CC3)no2)C(C)C)cc1. The number of ether oxygens (including phenoxy) is 2. The molecule has 5 aliphatic heterocycles. The summed E-state index contributed by atoms with van der Waals surface area (Å²) >= 11 is 1.60. The van der Waals surface area contributed by atoms with Crippen molar-refractivity contribution < 1.29 is 33.8 Å². The van der Waals surface area contributed by atoms with Crippen molar-refractivity contribution in [3.8, 4) is 27.4 Å². The first kappa shape index (κ1) is 54.3. The molecule has 8 heterocycles. The molecule has 18 nitrogen and oxygen atoms in total. The smallest absolute Gasteiger partial charge is 0.243 e. The lowest BCUT2D eigenvalue weighted by Crippen LogP contribution is -2.58. The van der Waals surface area contributed by atoms with Gasteiger partial charge in [-0.2, -0.15) is 0 Å². The number of nitrogens with zero attached hydrogens (tertiary/aromatic N) is 9. The van der Waals surface area contributed by atoms with Gasteiger partial charge < -0.3 is 54.9 Å². The van der Waals surface area contributed by atoms with Gasteiger partial charge in [-0.3, -0.25) is 14.5 Å². The maximum Gasteiger partial charge on any atom is 0.243 e. The molecule has 1 saturated carbocycles. The van der Waals surface area contributed by atoms with E-state index in [1.165, 1.54) is 0 Å². The Morgan fingerprint density at radius 3 is 2.33 bits per heavy atom. The van der Waals surface area contributed by atoms with Crippen LogP contribution in [-0.2, 0) is 19.1 Å². The van der Waals surface area contributed by atoms with E-state index in [2.05, 4.69) is 45.3 Å². The summed E-state index contributed by atoms with van der Waals surface area (Å²) in [6.45, 7) is 18.4. The molecule has 5 N–H and O–H groups in total. The summed E-state index contributed by atoms with van der Waals surface area (Å²) in [6.07, 6.45) is 8.50. The lowest BCUT2D eigenvalue weighted by Gasteiger charge is -2.49. The highest BCUT2D eigenvalue weighted by Gasteiger charge is 2.45. The van der Waals surface area contributed by atoms with E-state index in [0.29, 0.717) is 46.9 Å². The Morgan fingerprint density at radius 2 is 1.62 bits per heavy atom. The monoisotopic (exact) mass is 1090 g/mol. The average Bonchev–Trinajstić information content (AvgIpc) is 4.23. The van der Waals surface area contributed by atoms with Gasteiger partial charge in [-0.15, -0.1) is 21.5 Å². The van der Waals surface area contributed by atoms with E-state index in [1.54, 1.807) is 28.4 Å². The fourth-order valence-electron chi connectivity index (χ4n) is 13.2. The van der Waals surface area contributed by atoms with Gasteiger partial charge in [0, 0.05) is 90.0 Å². The summed E-state index contributed by atoms with van der Waals surface area (Å²) in [6, 6.07) is 18.1. The molecule has 2 amide bonds. The van der Waals surface area contributed by atoms with Gasteiger partial charge in [0.05, 0.1) is 64.0 Å². The zero-order valence-electron chi connectivity index (χ0n) is 45.8. The number of aromatic nitrogens is 4. The van der Waals surface area contributed by atoms with E-state index in [-0.39, 0.29) is 48.1 Å². The molecule has 0 unspecified atom stereocenters. The molecule has 5 saturated heterocycles. The Bertz CT molecular complexity index is 2830. The van der Waals surface area contributed by atoms with Crippen molar-refractivity contribution in [3.63, 3.8) is 0 Å². The molecule has 6 fully saturated rings. The fourth-order valence-corrected chi connectivity index (χ4v) is 14.0. The Morgan fingerprint density at radius 1 is 0.872 bits per heavy atom. The number of thiazole rings is 1. The van der Waals surface area contributed by atoms with E-state index in [1.807, 2.05) is 81.7 Å². The predicted octanol–water partition coefficient (Wildman–Crippen LogP) is 7.28. The number of aromatic hydroxyl groups is 1. The van der Waals surface area contributed by atoms with Gasteiger partial charge >= 0.3 is 0 Å². The first-order valence-corrected chi connectivity index (χ1v) is 29.5. The van der Waals surface area contributed by atoms with Gasteiger partial charge in [0.15, 0.2) is 17.4 Å². The number of nitrogen functional groups attached to an aromatic ring is 1. The van der Waals surface area contributed by atoms with Crippen LogP contribution in [-0.4, -0.2) is 166 Å². The van der Waals surface area contributed by atoms with Gasteiger partial charge in [0.1, 0.15) is 17.7 Å².